The zero-order valence-corrected chi connectivity index (χ0v) is 14.3. The molecule has 0 bridgehead atoms. The molecule has 1 aliphatic carbocycles. The smallest absolute Gasteiger partial charge is 0.240 e. The molecule has 0 aromatic heterocycles. The number of ether oxygens (including phenoxy) is 1. The van der Waals surface area contributed by atoms with Crippen LogP contribution in [0, 0.1) is 5.82 Å². The van der Waals surface area contributed by atoms with E-state index in [0.717, 1.165) is 36.9 Å². The normalized spacial score (nSPS) is 18.1. The number of halogens is 2. The maximum atomic E-state index is 14.4. The van der Waals surface area contributed by atoms with Gasteiger partial charge in [-0.3, -0.25) is 4.79 Å². The van der Waals surface area contributed by atoms with Crippen molar-refractivity contribution in [1.29, 1.82) is 0 Å². The third-order valence-electron chi connectivity index (χ3n) is 4.89. The number of nitrogens with one attached hydrogen (secondary N) is 1. The molecule has 0 atom stereocenters. The van der Waals surface area contributed by atoms with Crippen LogP contribution in [0.2, 0.25) is 0 Å². The van der Waals surface area contributed by atoms with Gasteiger partial charge in [0.05, 0.1) is 18.8 Å². The number of carbonyl (C=O) groups is 1. The van der Waals surface area contributed by atoms with Crippen molar-refractivity contribution in [2.45, 2.75) is 31.1 Å². The van der Waals surface area contributed by atoms with Crippen LogP contribution in [0.4, 0.5) is 10.1 Å². The van der Waals surface area contributed by atoms with Crippen LogP contribution in [0.5, 0.6) is 0 Å². The SMILES string of the molecule is COCCNCC(=O)N1CC2(CCCC2)c2c(F)cccc21.Cl. The van der Waals surface area contributed by atoms with Gasteiger partial charge in [-0.05, 0) is 25.0 Å². The van der Waals surface area contributed by atoms with Crippen LogP contribution < -0.4 is 10.2 Å². The highest BCUT2D eigenvalue weighted by atomic mass is 35.5. The predicted octanol–water partition coefficient (Wildman–Crippen LogP) is 2.64. The highest BCUT2D eigenvalue weighted by Gasteiger charge is 2.47. The lowest BCUT2D eigenvalue weighted by Crippen LogP contribution is -2.41. The molecule has 0 radical (unpaired) electrons. The van der Waals surface area contributed by atoms with Crippen LogP contribution >= 0.6 is 12.4 Å². The zero-order valence-electron chi connectivity index (χ0n) is 13.4. The fourth-order valence-electron chi connectivity index (χ4n) is 3.88. The summed E-state index contributed by atoms with van der Waals surface area (Å²) in [6, 6.07) is 5.09. The lowest BCUT2D eigenvalue weighted by Gasteiger charge is -2.25. The summed E-state index contributed by atoms with van der Waals surface area (Å²) in [5.41, 5.74) is 1.36. The first kappa shape index (κ1) is 18.2. The number of hydrogen-bond donors (Lipinski definition) is 1. The zero-order chi connectivity index (χ0) is 15.6. The van der Waals surface area contributed by atoms with E-state index in [2.05, 4.69) is 5.32 Å². The molecule has 2 aliphatic rings. The molecular weight excluding hydrogens is 319 g/mol. The van der Waals surface area contributed by atoms with Gasteiger partial charge in [-0.15, -0.1) is 12.4 Å². The molecule has 0 saturated heterocycles. The topological polar surface area (TPSA) is 41.6 Å². The van der Waals surface area contributed by atoms with Crippen LogP contribution in [0.25, 0.3) is 0 Å². The van der Waals surface area contributed by atoms with Gasteiger partial charge in [0.2, 0.25) is 5.91 Å². The number of carbonyl (C=O) groups excluding carboxylic acids is 1. The minimum atomic E-state index is -0.165. The summed E-state index contributed by atoms with van der Waals surface area (Å²) in [7, 11) is 1.63. The van der Waals surface area contributed by atoms with Gasteiger partial charge in [0.1, 0.15) is 5.82 Å². The van der Waals surface area contributed by atoms with Gasteiger partial charge < -0.3 is 15.0 Å². The molecule has 23 heavy (non-hydrogen) atoms. The fourth-order valence-corrected chi connectivity index (χ4v) is 3.88. The molecule has 1 heterocycles. The van der Waals surface area contributed by atoms with Crippen molar-refractivity contribution in [2.24, 2.45) is 0 Å². The van der Waals surface area contributed by atoms with Gasteiger partial charge in [0.15, 0.2) is 0 Å². The van der Waals surface area contributed by atoms with Gasteiger partial charge >= 0.3 is 0 Å². The van der Waals surface area contributed by atoms with Crippen LogP contribution in [-0.4, -0.2) is 39.3 Å². The second-order valence-electron chi connectivity index (χ2n) is 6.27. The molecule has 128 valence electrons. The standard InChI is InChI=1S/C17H23FN2O2.ClH/c1-22-10-9-19-11-15(21)20-12-17(7-2-3-8-17)16-13(18)5-4-6-14(16)20;/h4-6,19H,2-3,7-12H2,1H3;1H. The molecule has 1 aromatic rings. The summed E-state index contributed by atoms with van der Waals surface area (Å²) >= 11 is 0. The largest absolute Gasteiger partial charge is 0.383 e. The molecule has 0 unspecified atom stereocenters. The predicted molar refractivity (Wildman–Crippen MR) is 90.9 cm³/mol. The van der Waals surface area contributed by atoms with Crippen LogP contribution in [-0.2, 0) is 14.9 Å². The van der Waals surface area contributed by atoms with E-state index in [9.17, 15) is 9.18 Å². The van der Waals surface area contributed by atoms with Gasteiger partial charge in [-0.1, -0.05) is 18.9 Å². The average molecular weight is 343 g/mol. The van der Waals surface area contributed by atoms with E-state index in [1.54, 1.807) is 18.1 Å². The summed E-state index contributed by atoms with van der Waals surface area (Å²) in [5, 5.41) is 3.08. The number of amides is 1. The van der Waals surface area contributed by atoms with Crippen molar-refractivity contribution in [3.8, 4) is 0 Å². The molecule has 4 nitrogen and oxygen atoms in total. The maximum Gasteiger partial charge on any atom is 0.240 e. The summed E-state index contributed by atoms with van der Waals surface area (Å²) in [5.74, 6) is -0.159. The number of methoxy groups -OCH3 is 1. The van der Waals surface area contributed by atoms with E-state index >= 15 is 0 Å². The van der Waals surface area contributed by atoms with E-state index < -0.39 is 0 Å². The molecule has 1 N–H and O–H groups in total. The molecule has 1 aliphatic heterocycles. The van der Waals surface area contributed by atoms with E-state index in [1.807, 2.05) is 6.07 Å². The Kier molecular flexibility index (Phi) is 6.00. The first-order chi connectivity index (χ1) is 10.7. The Hall–Kier alpha value is -1.17. The van der Waals surface area contributed by atoms with Crippen LogP contribution in [0.1, 0.15) is 31.2 Å². The van der Waals surface area contributed by atoms with Crippen molar-refractivity contribution >= 4 is 24.0 Å². The minimum Gasteiger partial charge on any atom is -0.383 e. The minimum absolute atomic E-state index is 0. The molecule has 1 fully saturated rings. The Bertz CT molecular complexity index is 562. The maximum absolute atomic E-state index is 14.4. The first-order valence-corrected chi connectivity index (χ1v) is 7.97. The Balaban J connectivity index is 0.00000192. The van der Waals surface area contributed by atoms with Crippen LogP contribution in [0.15, 0.2) is 18.2 Å². The molecular formula is C17H24ClFN2O2. The van der Waals surface area contributed by atoms with Crippen molar-refractivity contribution < 1.29 is 13.9 Å². The van der Waals surface area contributed by atoms with Crippen molar-refractivity contribution in [2.75, 3.05) is 38.3 Å². The molecule has 1 aromatic carbocycles. The van der Waals surface area contributed by atoms with Crippen molar-refractivity contribution in [1.82, 2.24) is 5.32 Å². The Labute approximate surface area is 142 Å². The van der Waals surface area contributed by atoms with E-state index in [-0.39, 0.29) is 36.1 Å². The summed E-state index contributed by atoms with van der Waals surface area (Å²) in [4.78, 5) is 14.3. The molecule has 1 amide bonds. The summed E-state index contributed by atoms with van der Waals surface area (Å²) in [6.45, 7) is 2.09. The van der Waals surface area contributed by atoms with Gasteiger partial charge in [-0.25, -0.2) is 4.39 Å². The highest BCUT2D eigenvalue weighted by molar-refractivity contribution is 5.97. The van der Waals surface area contributed by atoms with E-state index in [1.165, 1.54) is 6.07 Å². The lowest BCUT2D eigenvalue weighted by molar-refractivity contribution is -0.117. The third kappa shape index (κ3) is 3.37. The summed E-state index contributed by atoms with van der Waals surface area (Å²) < 4.78 is 19.4. The number of rotatable bonds is 5. The molecule has 3 rings (SSSR count). The third-order valence-corrected chi connectivity index (χ3v) is 4.89. The Morgan fingerprint density at radius 1 is 1.39 bits per heavy atom. The first-order valence-electron chi connectivity index (χ1n) is 7.97. The number of benzene rings is 1. The second-order valence-corrected chi connectivity index (χ2v) is 6.27. The fraction of sp³-hybridized carbons (Fsp3) is 0.588. The van der Waals surface area contributed by atoms with Crippen molar-refractivity contribution in [3.05, 3.63) is 29.6 Å². The summed E-state index contributed by atoms with van der Waals surface area (Å²) in [6.07, 6.45) is 4.17. The van der Waals surface area contributed by atoms with E-state index in [0.29, 0.717) is 19.7 Å². The Morgan fingerprint density at radius 3 is 2.83 bits per heavy atom. The second kappa shape index (κ2) is 7.60. The number of nitrogens with zero attached hydrogens (tertiary/aromatic N) is 1. The van der Waals surface area contributed by atoms with E-state index in [4.69, 9.17) is 4.74 Å². The number of hydrogen-bond acceptors (Lipinski definition) is 3. The highest BCUT2D eigenvalue weighted by Crippen LogP contribution is 2.51. The quantitative estimate of drug-likeness (QED) is 0.836. The van der Waals surface area contributed by atoms with Gasteiger partial charge in [0.25, 0.3) is 0 Å². The monoisotopic (exact) mass is 342 g/mol. The number of fused-ring (bicyclic) bond motifs is 2. The molecule has 1 saturated carbocycles. The van der Waals surface area contributed by atoms with Gasteiger partial charge in [-0.2, -0.15) is 0 Å². The average Bonchev–Trinajstić information content (AvgIpc) is 3.11. The lowest BCUT2D eigenvalue weighted by atomic mass is 9.80. The van der Waals surface area contributed by atoms with Gasteiger partial charge in [0, 0.05) is 31.2 Å². The Morgan fingerprint density at radius 2 is 2.13 bits per heavy atom. The van der Waals surface area contributed by atoms with Crippen LogP contribution in [0.3, 0.4) is 0 Å². The molecule has 6 heteroatoms. The number of anilines is 1. The molecule has 1 spiro atoms. The van der Waals surface area contributed by atoms with Crippen molar-refractivity contribution in [3.63, 3.8) is 0 Å².